The molecule has 1 aliphatic rings. The molecule has 0 spiro atoms. The summed E-state index contributed by atoms with van der Waals surface area (Å²) in [5, 5.41) is 13.6. The quantitative estimate of drug-likeness (QED) is 0.669. The number of nitrogens with zero attached hydrogens (tertiary/aromatic N) is 2. The molecule has 1 saturated heterocycles. The summed E-state index contributed by atoms with van der Waals surface area (Å²) in [5.41, 5.74) is 0.137. The van der Waals surface area contributed by atoms with Crippen LogP contribution in [0.1, 0.15) is 30.1 Å². The third kappa shape index (κ3) is 3.92. The SMILES string of the molecule is CC(CNC(=O)c1ccc([N+](=O)[O-])cc1Cl)N1CCCC1. The fraction of sp³-hybridized carbons (Fsp3) is 0.500. The number of carbonyl (C=O) groups excluding carboxylic acids is 1. The van der Waals surface area contributed by atoms with E-state index in [2.05, 4.69) is 17.1 Å². The molecule has 0 aromatic heterocycles. The van der Waals surface area contributed by atoms with Gasteiger partial charge in [0.15, 0.2) is 0 Å². The largest absolute Gasteiger partial charge is 0.350 e. The van der Waals surface area contributed by atoms with Crippen molar-refractivity contribution in [2.75, 3.05) is 19.6 Å². The van der Waals surface area contributed by atoms with E-state index in [4.69, 9.17) is 11.6 Å². The third-order valence-corrected chi connectivity index (χ3v) is 4.04. The van der Waals surface area contributed by atoms with Crippen LogP contribution in [-0.4, -0.2) is 41.4 Å². The molecule has 1 atom stereocenters. The molecule has 7 heteroatoms. The Morgan fingerprint density at radius 2 is 2.14 bits per heavy atom. The van der Waals surface area contributed by atoms with Crippen LogP contribution >= 0.6 is 11.6 Å². The summed E-state index contributed by atoms with van der Waals surface area (Å²) in [6.45, 7) is 4.74. The Morgan fingerprint density at radius 3 is 2.71 bits per heavy atom. The summed E-state index contributed by atoms with van der Waals surface area (Å²) in [6.07, 6.45) is 2.40. The molecule has 1 aromatic carbocycles. The van der Waals surface area contributed by atoms with E-state index in [-0.39, 0.29) is 28.2 Å². The van der Waals surface area contributed by atoms with E-state index >= 15 is 0 Å². The molecule has 2 rings (SSSR count). The van der Waals surface area contributed by atoms with Crippen molar-refractivity contribution in [2.45, 2.75) is 25.8 Å². The van der Waals surface area contributed by atoms with Crippen LogP contribution in [-0.2, 0) is 0 Å². The molecule has 0 bridgehead atoms. The van der Waals surface area contributed by atoms with Crippen LogP contribution in [0.2, 0.25) is 5.02 Å². The number of rotatable bonds is 5. The predicted molar refractivity (Wildman–Crippen MR) is 80.7 cm³/mol. The van der Waals surface area contributed by atoms with Gasteiger partial charge in [-0.25, -0.2) is 0 Å². The first-order valence-corrected chi connectivity index (χ1v) is 7.33. The minimum absolute atomic E-state index is 0.0931. The van der Waals surface area contributed by atoms with Crippen LogP contribution in [0, 0.1) is 10.1 Å². The number of carbonyl (C=O) groups is 1. The highest BCUT2D eigenvalue weighted by Gasteiger charge is 2.20. The average Bonchev–Trinajstić information content (AvgIpc) is 2.98. The standard InChI is InChI=1S/C14H18ClN3O3/c1-10(17-6-2-3-7-17)9-16-14(19)12-5-4-11(18(20)21)8-13(12)15/h4-5,8,10H,2-3,6-7,9H2,1H3,(H,16,19). The summed E-state index contributed by atoms with van der Waals surface area (Å²) in [5.74, 6) is -0.305. The molecule has 1 heterocycles. The number of benzene rings is 1. The van der Waals surface area contributed by atoms with Gasteiger partial charge in [-0.3, -0.25) is 19.8 Å². The molecule has 0 radical (unpaired) electrons. The minimum Gasteiger partial charge on any atom is -0.350 e. The maximum absolute atomic E-state index is 12.1. The van der Waals surface area contributed by atoms with Crippen LogP contribution in [0.5, 0.6) is 0 Å². The van der Waals surface area contributed by atoms with Gasteiger partial charge in [-0.15, -0.1) is 0 Å². The van der Waals surface area contributed by atoms with Crippen LogP contribution < -0.4 is 5.32 Å². The number of nitro groups is 1. The summed E-state index contributed by atoms with van der Waals surface area (Å²) < 4.78 is 0. The molecule has 21 heavy (non-hydrogen) atoms. The van der Waals surface area contributed by atoms with Crippen LogP contribution in [0.15, 0.2) is 18.2 Å². The zero-order chi connectivity index (χ0) is 15.4. The van der Waals surface area contributed by atoms with E-state index in [1.165, 1.54) is 31.0 Å². The average molecular weight is 312 g/mol. The number of amides is 1. The first-order chi connectivity index (χ1) is 9.99. The van der Waals surface area contributed by atoms with E-state index in [0.717, 1.165) is 13.1 Å². The maximum atomic E-state index is 12.1. The second-order valence-electron chi connectivity index (χ2n) is 5.22. The Balaban J connectivity index is 1.95. The van der Waals surface area contributed by atoms with Gasteiger partial charge in [0.25, 0.3) is 11.6 Å². The zero-order valence-electron chi connectivity index (χ0n) is 11.8. The normalized spacial score (nSPS) is 16.7. The number of hydrogen-bond acceptors (Lipinski definition) is 4. The highest BCUT2D eigenvalue weighted by Crippen LogP contribution is 2.22. The lowest BCUT2D eigenvalue weighted by Crippen LogP contribution is -2.40. The van der Waals surface area contributed by atoms with Crippen molar-refractivity contribution in [2.24, 2.45) is 0 Å². The molecule has 6 nitrogen and oxygen atoms in total. The molecular formula is C14H18ClN3O3. The van der Waals surface area contributed by atoms with Crippen LogP contribution in [0.3, 0.4) is 0 Å². The molecule has 0 saturated carbocycles. The van der Waals surface area contributed by atoms with Gasteiger partial charge in [-0.1, -0.05) is 11.6 Å². The summed E-state index contributed by atoms with van der Waals surface area (Å²) >= 11 is 5.94. The Kier molecular flexibility index (Phi) is 5.14. The van der Waals surface area contributed by atoms with Gasteiger partial charge in [0, 0.05) is 24.7 Å². The fourth-order valence-electron chi connectivity index (χ4n) is 2.45. The van der Waals surface area contributed by atoms with Crippen LogP contribution in [0.4, 0.5) is 5.69 Å². The van der Waals surface area contributed by atoms with E-state index in [1.54, 1.807) is 0 Å². The van der Waals surface area contributed by atoms with Crippen LogP contribution in [0.25, 0.3) is 0 Å². The number of halogens is 1. The number of likely N-dealkylation sites (tertiary alicyclic amines) is 1. The van der Waals surface area contributed by atoms with Crippen molar-refractivity contribution < 1.29 is 9.72 Å². The van der Waals surface area contributed by atoms with E-state index in [9.17, 15) is 14.9 Å². The molecular weight excluding hydrogens is 294 g/mol. The number of hydrogen-bond donors (Lipinski definition) is 1. The Hall–Kier alpha value is -1.66. The molecule has 1 fully saturated rings. The molecule has 1 aliphatic heterocycles. The van der Waals surface area contributed by atoms with E-state index in [1.807, 2.05) is 0 Å². The van der Waals surface area contributed by atoms with Gasteiger partial charge >= 0.3 is 0 Å². The van der Waals surface area contributed by atoms with Gasteiger partial charge in [-0.2, -0.15) is 0 Å². The lowest BCUT2D eigenvalue weighted by atomic mass is 10.2. The first-order valence-electron chi connectivity index (χ1n) is 6.95. The summed E-state index contributed by atoms with van der Waals surface area (Å²) in [6, 6.07) is 4.13. The Bertz CT molecular complexity index is 544. The second kappa shape index (κ2) is 6.87. The van der Waals surface area contributed by atoms with Gasteiger partial charge in [0.2, 0.25) is 0 Å². The molecule has 114 valence electrons. The van der Waals surface area contributed by atoms with E-state index in [0.29, 0.717) is 6.54 Å². The van der Waals surface area contributed by atoms with Crippen molar-refractivity contribution in [3.8, 4) is 0 Å². The highest BCUT2D eigenvalue weighted by atomic mass is 35.5. The van der Waals surface area contributed by atoms with Crippen molar-refractivity contribution in [3.63, 3.8) is 0 Å². The minimum atomic E-state index is -0.539. The third-order valence-electron chi connectivity index (χ3n) is 3.73. The van der Waals surface area contributed by atoms with Crippen molar-refractivity contribution in [3.05, 3.63) is 38.9 Å². The number of non-ortho nitro benzene ring substituents is 1. The van der Waals surface area contributed by atoms with Crippen molar-refractivity contribution in [1.82, 2.24) is 10.2 Å². The Labute approximate surface area is 128 Å². The summed E-state index contributed by atoms with van der Waals surface area (Å²) in [7, 11) is 0. The molecule has 1 amide bonds. The van der Waals surface area contributed by atoms with Gasteiger partial charge in [0.05, 0.1) is 15.5 Å². The topological polar surface area (TPSA) is 75.5 Å². The molecule has 0 aliphatic carbocycles. The molecule has 1 aromatic rings. The lowest BCUT2D eigenvalue weighted by molar-refractivity contribution is -0.384. The second-order valence-corrected chi connectivity index (χ2v) is 5.63. The summed E-state index contributed by atoms with van der Waals surface area (Å²) in [4.78, 5) is 24.5. The highest BCUT2D eigenvalue weighted by molar-refractivity contribution is 6.34. The molecule has 1 unspecified atom stereocenters. The number of nitro benzene ring substituents is 1. The van der Waals surface area contributed by atoms with Crippen molar-refractivity contribution in [1.29, 1.82) is 0 Å². The predicted octanol–water partition coefficient (Wildman–Crippen LogP) is 2.46. The van der Waals surface area contributed by atoms with Gasteiger partial charge < -0.3 is 5.32 Å². The lowest BCUT2D eigenvalue weighted by Gasteiger charge is -2.23. The molecule has 1 N–H and O–H groups in total. The van der Waals surface area contributed by atoms with Gasteiger partial charge in [-0.05, 0) is 38.9 Å². The Morgan fingerprint density at radius 1 is 1.48 bits per heavy atom. The maximum Gasteiger partial charge on any atom is 0.270 e. The van der Waals surface area contributed by atoms with Crippen molar-refractivity contribution >= 4 is 23.2 Å². The first kappa shape index (κ1) is 15.7. The smallest absolute Gasteiger partial charge is 0.270 e. The fourth-order valence-corrected chi connectivity index (χ4v) is 2.71. The zero-order valence-corrected chi connectivity index (χ0v) is 12.6. The monoisotopic (exact) mass is 311 g/mol. The van der Waals surface area contributed by atoms with Gasteiger partial charge in [0.1, 0.15) is 0 Å². The van der Waals surface area contributed by atoms with E-state index < -0.39 is 4.92 Å². The number of nitrogens with one attached hydrogen (secondary N) is 1.